The van der Waals surface area contributed by atoms with Crippen molar-refractivity contribution in [3.8, 4) is 56.4 Å². The molecule has 0 spiro atoms. The molecule has 0 fully saturated rings. The molecule has 9 aromatic rings. The van der Waals surface area contributed by atoms with E-state index in [2.05, 4.69) is 36.4 Å². The van der Waals surface area contributed by atoms with Gasteiger partial charge >= 0.3 is 0 Å². The minimum absolute atomic E-state index is 0.0693. The molecule has 0 amide bonds. The molecule has 0 unspecified atom stereocenters. The average molecular weight is 619 g/mol. The molecule has 3 heteroatoms. The Labute approximate surface area is 288 Å². The third-order valence-electron chi connectivity index (χ3n) is 8.53. The summed E-state index contributed by atoms with van der Waals surface area (Å²) in [6.07, 6.45) is 0. The second-order valence-electron chi connectivity index (χ2n) is 11.6. The summed E-state index contributed by atoms with van der Waals surface area (Å²) >= 11 is 0. The van der Waals surface area contributed by atoms with E-state index in [9.17, 15) is 0 Å². The summed E-state index contributed by atoms with van der Waals surface area (Å²) in [5.41, 5.74) is 5.40. The van der Waals surface area contributed by atoms with Gasteiger partial charge in [0.15, 0.2) is 17.5 Å². The van der Waals surface area contributed by atoms with E-state index in [1.54, 1.807) is 6.07 Å². The summed E-state index contributed by atoms with van der Waals surface area (Å²) in [6.45, 7) is 0. The standard InChI is InChI=1S/C45H29N3/c1-3-10-30(11-4-1)34-24-25-41-39(28-34)16-9-17-42(41)45-47-43(32-13-5-2-6-14-32)46-44(48-45)40-23-22-37-27-36(20-21-38(37)29-40)35-19-18-31-12-7-8-15-33(31)26-35/h1-29H/i7D,8D,12D,15D,18D,19D,26D. The number of hydrogen-bond donors (Lipinski definition) is 0. The Morgan fingerprint density at radius 3 is 1.75 bits per heavy atom. The van der Waals surface area contributed by atoms with Crippen LogP contribution in [0.2, 0.25) is 0 Å². The fraction of sp³-hybridized carbons (Fsp3) is 0. The zero-order valence-electron chi connectivity index (χ0n) is 32.5. The molecule has 0 saturated carbocycles. The zero-order chi connectivity index (χ0) is 38.0. The Morgan fingerprint density at radius 1 is 0.354 bits per heavy atom. The summed E-state index contributed by atoms with van der Waals surface area (Å²) in [5.74, 6) is 1.58. The lowest BCUT2D eigenvalue weighted by Crippen LogP contribution is -2.00. The van der Waals surface area contributed by atoms with Gasteiger partial charge in [0.25, 0.3) is 0 Å². The van der Waals surface area contributed by atoms with Gasteiger partial charge in [-0.05, 0) is 78.8 Å². The molecule has 0 saturated heterocycles. The number of fused-ring (bicyclic) bond motifs is 3. The van der Waals surface area contributed by atoms with Crippen molar-refractivity contribution in [2.24, 2.45) is 0 Å². The molecule has 1 aromatic heterocycles. The van der Waals surface area contributed by atoms with Crippen LogP contribution in [0.1, 0.15) is 9.60 Å². The van der Waals surface area contributed by atoms with Crippen LogP contribution in [0.15, 0.2) is 176 Å². The summed E-state index contributed by atoms with van der Waals surface area (Å²) in [6, 6.07) is 41.3. The Hall–Kier alpha value is -6.45. The molecule has 1 heterocycles. The first-order valence-corrected chi connectivity index (χ1v) is 15.6. The van der Waals surface area contributed by atoms with Gasteiger partial charge in [0, 0.05) is 16.7 Å². The predicted molar refractivity (Wildman–Crippen MR) is 200 cm³/mol. The Balaban J connectivity index is 1.16. The van der Waals surface area contributed by atoms with Gasteiger partial charge in [-0.2, -0.15) is 0 Å². The SMILES string of the molecule is [2H]c1c([2H])c([2H])c2c([2H])c(-c3ccc4cc(-c5nc(-c6ccccc6)nc(-c6cccc7cc(-c8ccccc8)ccc67)n5)ccc4c3)c([2H])c([2H])c2c1[2H]. The number of aromatic nitrogens is 3. The molecule has 0 aliphatic heterocycles. The maximum Gasteiger partial charge on any atom is 0.164 e. The Bertz CT molecular complexity index is 3010. The van der Waals surface area contributed by atoms with Crippen molar-refractivity contribution in [3.63, 3.8) is 0 Å². The van der Waals surface area contributed by atoms with Gasteiger partial charge < -0.3 is 0 Å². The highest BCUT2D eigenvalue weighted by Crippen LogP contribution is 2.34. The van der Waals surface area contributed by atoms with E-state index in [1.807, 2.05) is 91.0 Å². The van der Waals surface area contributed by atoms with Gasteiger partial charge in [-0.1, -0.05) is 152 Å². The zero-order valence-corrected chi connectivity index (χ0v) is 25.5. The molecule has 0 aliphatic rings. The average Bonchev–Trinajstić information content (AvgIpc) is 3.23. The van der Waals surface area contributed by atoms with E-state index in [-0.39, 0.29) is 34.5 Å². The van der Waals surface area contributed by atoms with E-state index in [4.69, 9.17) is 24.5 Å². The summed E-state index contributed by atoms with van der Waals surface area (Å²) in [5, 5.41) is 3.56. The lowest BCUT2D eigenvalue weighted by Gasteiger charge is -2.12. The molecule has 0 bridgehead atoms. The quantitative estimate of drug-likeness (QED) is 0.193. The van der Waals surface area contributed by atoms with Crippen molar-refractivity contribution in [1.29, 1.82) is 0 Å². The van der Waals surface area contributed by atoms with Gasteiger partial charge in [-0.25, -0.2) is 15.0 Å². The molecular weight excluding hydrogens is 583 g/mol. The first kappa shape index (κ1) is 21.4. The minimum atomic E-state index is -0.491. The molecule has 9 rings (SSSR count). The first-order valence-electron chi connectivity index (χ1n) is 19.1. The van der Waals surface area contributed by atoms with Crippen LogP contribution in [0.5, 0.6) is 0 Å². The van der Waals surface area contributed by atoms with Gasteiger partial charge in [-0.15, -0.1) is 0 Å². The number of hydrogen-bond acceptors (Lipinski definition) is 3. The number of nitrogens with zero attached hydrogens (tertiary/aromatic N) is 3. The van der Waals surface area contributed by atoms with Crippen molar-refractivity contribution in [2.75, 3.05) is 0 Å². The van der Waals surface area contributed by atoms with Gasteiger partial charge in [0.1, 0.15) is 0 Å². The molecule has 0 N–H and O–H groups in total. The molecule has 224 valence electrons. The Kier molecular flexibility index (Phi) is 5.22. The van der Waals surface area contributed by atoms with E-state index in [0.717, 1.165) is 49.4 Å². The van der Waals surface area contributed by atoms with Crippen LogP contribution in [0.4, 0.5) is 0 Å². The molecule has 0 atom stereocenters. The number of benzene rings is 8. The van der Waals surface area contributed by atoms with Crippen LogP contribution in [-0.2, 0) is 0 Å². The minimum Gasteiger partial charge on any atom is -0.208 e. The maximum absolute atomic E-state index is 8.98. The van der Waals surface area contributed by atoms with Crippen LogP contribution in [0, 0.1) is 0 Å². The lowest BCUT2D eigenvalue weighted by atomic mass is 9.97. The highest BCUT2D eigenvalue weighted by atomic mass is 15.0. The highest BCUT2D eigenvalue weighted by molar-refractivity contribution is 5.98. The van der Waals surface area contributed by atoms with Gasteiger partial charge in [0.2, 0.25) is 0 Å². The van der Waals surface area contributed by atoms with E-state index >= 15 is 0 Å². The van der Waals surface area contributed by atoms with Crippen molar-refractivity contribution < 1.29 is 9.60 Å². The third kappa shape index (κ3) is 5.18. The molecule has 8 aromatic carbocycles. The molecule has 3 nitrogen and oxygen atoms in total. The maximum atomic E-state index is 8.98. The monoisotopic (exact) mass is 618 g/mol. The molecule has 48 heavy (non-hydrogen) atoms. The second-order valence-corrected chi connectivity index (χ2v) is 11.6. The van der Waals surface area contributed by atoms with Gasteiger partial charge in [0.05, 0.1) is 9.60 Å². The normalized spacial score (nSPS) is 13.4. The summed E-state index contributed by atoms with van der Waals surface area (Å²) in [7, 11) is 0. The van der Waals surface area contributed by atoms with Crippen molar-refractivity contribution in [2.45, 2.75) is 0 Å². The second kappa shape index (κ2) is 11.7. The van der Waals surface area contributed by atoms with E-state index in [1.165, 1.54) is 0 Å². The summed E-state index contributed by atoms with van der Waals surface area (Å²) in [4.78, 5) is 15.0. The van der Waals surface area contributed by atoms with Crippen molar-refractivity contribution in [3.05, 3.63) is 176 Å². The van der Waals surface area contributed by atoms with Crippen LogP contribution in [-0.4, -0.2) is 15.0 Å². The largest absolute Gasteiger partial charge is 0.208 e. The first-order chi connectivity index (χ1) is 26.7. The molecule has 0 aliphatic carbocycles. The van der Waals surface area contributed by atoms with Crippen LogP contribution in [0.25, 0.3) is 88.7 Å². The summed E-state index contributed by atoms with van der Waals surface area (Å²) < 4.78 is 59.5. The van der Waals surface area contributed by atoms with Crippen molar-refractivity contribution >= 4 is 32.3 Å². The molecule has 0 radical (unpaired) electrons. The van der Waals surface area contributed by atoms with Crippen molar-refractivity contribution in [1.82, 2.24) is 15.0 Å². The topological polar surface area (TPSA) is 38.7 Å². The van der Waals surface area contributed by atoms with Crippen LogP contribution < -0.4 is 0 Å². The van der Waals surface area contributed by atoms with E-state index < -0.39 is 24.2 Å². The third-order valence-corrected chi connectivity index (χ3v) is 8.53. The molecular formula is C45H29N3. The van der Waals surface area contributed by atoms with Gasteiger partial charge in [-0.3, -0.25) is 0 Å². The van der Waals surface area contributed by atoms with Crippen LogP contribution >= 0.6 is 0 Å². The number of rotatable bonds is 5. The Morgan fingerprint density at radius 2 is 0.958 bits per heavy atom. The fourth-order valence-electron chi connectivity index (χ4n) is 6.10. The highest BCUT2D eigenvalue weighted by Gasteiger charge is 2.15. The smallest absolute Gasteiger partial charge is 0.164 e. The van der Waals surface area contributed by atoms with E-state index in [0.29, 0.717) is 23.0 Å². The van der Waals surface area contributed by atoms with Crippen LogP contribution in [0.3, 0.4) is 0 Å². The predicted octanol–water partition coefficient (Wildman–Crippen LogP) is 11.7. The fourth-order valence-corrected chi connectivity index (χ4v) is 6.10. The lowest BCUT2D eigenvalue weighted by molar-refractivity contribution is 1.08.